The molecule has 3 aromatic carbocycles. The summed E-state index contributed by atoms with van der Waals surface area (Å²) in [6, 6.07) is 21.0. The molecule has 4 aromatic rings. The van der Waals surface area contributed by atoms with Crippen LogP contribution in [-0.4, -0.2) is 18.5 Å². The number of esters is 1. The molecule has 1 aliphatic rings. The summed E-state index contributed by atoms with van der Waals surface area (Å²) in [5.74, 6) is -0.758. The van der Waals surface area contributed by atoms with Crippen LogP contribution in [0.3, 0.4) is 0 Å². The molecule has 194 valence electrons. The molecular formula is C32H31NO5. The number of hydrogen-bond donors (Lipinski definition) is 0. The monoisotopic (exact) mass is 509 g/mol. The van der Waals surface area contributed by atoms with E-state index in [2.05, 4.69) is 20.8 Å². The molecule has 5 rings (SSSR count). The van der Waals surface area contributed by atoms with Crippen molar-refractivity contribution in [1.29, 1.82) is 0 Å². The van der Waals surface area contributed by atoms with E-state index >= 15 is 0 Å². The first-order valence-corrected chi connectivity index (χ1v) is 13.0. The minimum absolute atomic E-state index is 0.0432. The Kier molecular flexibility index (Phi) is 6.66. The quantitative estimate of drug-likeness (QED) is 0.211. The maximum Gasteiger partial charge on any atom is 0.338 e. The molecule has 0 radical (unpaired) electrons. The largest absolute Gasteiger partial charge is 0.462 e. The Bertz CT molecular complexity index is 1560. The highest BCUT2D eigenvalue weighted by molar-refractivity contribution is 6.10. The van der Waals surface area contributed by atoms with Crippen LogP contribution in [0.4, 0.5) is 5.69 Å². The highest BCUT2D eigenvalue weighted by Crippen LogP contribution is 2.41. The summed E-state index contributed by atoms with van der Waals surface area (Å²) >= 11 is 0. The Hall–Kier alpha value is -4.19. The highest BCUT2D eigenvalue weighted by atomic mass is 16.5. The van der Waals surface area contributed by atoms with Crippen LogP contribution in [0.25, 0.3) is 11.0 Å². The molecule has 1 unspecified atom stereocenters. The number of para-hydroxylation sites is 1. The maximum absolute atomic E-state index is 13.8. The van der Waals surface area contributed by atoms with Gasteiger partial charge < -0.3 is 9.15 Å². The van der Waals surface area contributed by atoms with Gasteiger partial charge in [0.15, 0.2) is 5.43 Å². The van der Waals surface area contributed by atoms with Gasteiger partial charge in [0, 0.05) is 5.69 Å². The van der Waals surface area contributed by atoms with Crippen molar-refractivity contribution in [3.63, 3.8) is 0 Å². The number of fused-ring (bicyclic) bond motifs is 2. The van der Waals surface area contributed by atoms with Crippen LogP contribution in [0.15, 0.2) is 82.0 Å². The molecular weight excluding hydrogens is 478 g/mol. The lowest BCUT2D eigenvalue weighted by atomic mass is 9.86. The molecule has 0 bridgehead atoms. The molecule has 6 nitrogen and oxygen atoms in total. The van der Waals surface area contributed by atoms with E-state index < -0.39 is 17.9 Å². The molecule has 6 heteroatoms. The van der Waals surface area contributed by atoms with Crippen molar-refractivity contribution in [1.82, 2.24) is 0 Å². The van der Waals surface area contributed by atoms with E-state index in [0.29, 0.717) is 34.4 Å². The predicted molar refractivity (Wildman–Crippen MR) is 148 cm³/mol. The molecule has 38 heavy (non-hydrogen) atoms. The fourth-order valence-corrected chi connectivity index (χ4v) is 4.82. The van der Waals surface area contributed by atoms with Gasteiger partial charge in [0.2, 0.25) is 5.76 Å². The first kappa shape index (κ1) is 25.5. The number of ether oxygens (including phenoxy) is 1. The van der Waals surface area contributed by atoms with Crippen LogP contribution in [0, 0.1) is 0 Å². The number of nitrogens with zero attached hydrogens (tertiary/aromatic N) is 1. The van der Waals surface area contributed by atoms with Crippen LogP contribution in [-0.2, 0) is 10.2 Å². The van der Waals surface area contributed by atoms with E-state index in [4.69, 9.17) is 9.15 Å². The summed E-state index contributed by atoms with van der Waals surface area (Å²) in [7, 11) is 0. The zero-order chi connectivity index (χ0) is 27.0. The fourth-order valence-electron chi connectivity index (χ4n) is 4.82. The molecule has 1 amide bonds. The lowest BCUT2D eigenvalue weighted by Crippen LogP contribution is -2.29. The molecule has 2 heterocycles. The molecule has 0 fully saturated rings. The van der Waals surface area contributed by atoms with Gasteiger partial charge in [0.1, 0.15) is 5.58 Å². The summed E-state index contributed by atoms with van der Waals surface area (Å²) in [5.41, 5.74) is 3.33. The van der Waals surface area contributed by atoms with Gasteiger partial charge in [-0.1, -0.05) is 70.5 Å². The van der Waals surface area contributed by atoms with Crippen molar-refractivity contribution in [3.05, 3.63) is 111 Å². The molecule has 1 aliphatic heterocycles. The number of carbonyl (C=O) groups excluding carboxylic acids is 2. The standard InChI is InChI=1S/C32H31NO5/c1-5-6-19-37-31(36)21-13-17-23(18-14-21)33-27(20-11-15-22(16-12-20)32(2,3)4)26-28(34)24-9-7-8-10-25(24)38-29(26)30(33)35/h7-18,27H,5-6,19H2,1-4H3. The zero-order valence-electron chi connectivity index (χ0n) is 22.1. The van der Waals surface area contributed by atoms with Gasteiger partial charge in [0.05, 0.1) is 29.2 Å². The van der Waals surface area contributed by atoms with Crippen LogP contribution in [0.2, 0.25) is 0 Å². The Morgan fingerprint density at radius 2 is 1.63 bits per heavy atom. The maximum atomic E-state index is 13.8. The number of anilines is 1. The second kappa shape index (κ2) is 9.93. The van der Waals surface area contributed by atoms with Crippen molar-refractivity contribution in [2.24, 2.45) is 0 Å². The molecule has 0 aliphatic carbocycles. The van der Waals surface area contributed by atoms with E-state index in [1.807, 2.05) is 31.2 Å². The topological polar surface area (TPSA) is 76.8 Å². The summed E-state index contributed by atoms with van der Waals surface area (Å²) < 4.78 is 11.3. The third-order valence-corrected chi connectivity index (χ3v) is 6.98. The fraction of sp³-hybridized carbons (Fsp3) is 0.281. The van der Waals surface area contributed by atoms with Crippen molar-refractivity contribution in [2.45, 2.75) is 52.0 Å². The summed E-state index contributed by atoms with van der Waals surface area (Å²) in [5, 5.41) is 0.433. The van der Waals surface area contributed by atoms with Crippen molar-refractivity contribution in [3.8, 4) is 0 Å². The lowest BCUT2D eigenvalue weighted by Gasteiger charge is -2.26. The first-order valence-electron chi connectivity index (χ1n) is 13.0. The summed E-state index contributed by atoms with van der Waals surface area (Å²) in [6.07, 6.45) is 1.74. The number of hydrogen-bond acceptors (Lipinski definition) is 5. The number of unbranched alkanes of at least 4 members (excludes halogenated alkanes) is 1. The van der Waals surface area contributed by atoms with E-state index in [1.54, 1.807) is 53.4 Å². The molecule has 0 spiro atoms. The van der Waals surface area contributed by atoms with Crippen LogP contribution in [0.5, 0.6) is 0 Å². The van der Waals surface area contributed by atoms with Crippen LogP contribution in [0.1, 0.15) is 84.2 Å². The average molecular weight is 510 g/mol. The van der Waals surface area contributed by atoms with Gasteiger partial charge in [-0.2, -0.15) is 0 Å². The Balaban J connectivity index is 1.61. The third kappa shape index (κ3) is 4.51. The minimum Gasteiger partial charge on any atom is -0.462 e. The molecule has 1 atom stereocenters. The average Bonchev–Trinajstić information content (AvgIpc) is 3.21. The van der Waals surface area contributed by atoms with Gasteiger partial charge >= 0.3 is 5.97 Å². The second-order valence-electron chi connectivity index (χ2n) is 10.7. The highest BCUT2D eigenvalue weighted by Gasteiger charge is 2.43. The van der Waals surface area contributed by atoms with Crippen molar-refractivity contribution in [2.75, 3.05) is 11.5 Å². The number of amides is 1. The van der Waals surface area contributed by atoms with Gasteiger partial charge in [-0.3, -0.25) is 14.5 Å². The lowest BCUT2D eigenvalue weighted by molar-refractivity contribution is 0.0499. The number of benzene rings is 3. The third-order valence-electron chi connectivity index (χ3n) is 6.98. The Labute approximate surface area is 221 Å². The van der Waals surface area contributed by atoms with Crippen LogP contribution < -0.4 is 10.3 Å². The van der Waals surface area contributed by atoms with E-state index in [0.717, 1.165) is 24.0 Å². The van der Waals surface area contributed by atoms with E-state index in [1.165, 1.54) is 0 Å². The minimum atomic E-state index is -0.672. The van der Waals surface area contributed by atoms with Gasteiger partial charge in [0.25, 0.3) is 5.91 Å². The van der Waals surface area contributed by atoms with Gasteiger partial charge in [-0.15, -0.1) is 0 Å². The first-order chi connectivity index (χ1) is 18.2. The second-order valence-corrected chi connectivity index (χ2v) is 10.7. The molecule has 0 saturated heterocycles. The zero-order valence-corrected chi connectivity index (χ0v) is 22.1. The summed E-state index contributed by atoms with van der Waals surface area (Å²) in [6.45, 7) is 8.81. The normalized spacial score (nSPS) is 15.1. The molecule has 0 N–H and O–H groups in total. The number of rotatable bonds is 6. The summed E-state index contributed by atoms with van der Waals surface area (Å²) in [4.78, 5) is 41.5. The molecule has 1 aromatic heterocycles. The van der Waals surface area contributed by atoms with E-state index in [9.17, 15) is 14.4 Å². The number of carbonyl (C=O) groups is 2. The van der Waals surface area contributed by atoms with Crippen LogP contribution >= 0.6 is 0 Å². The van der Waals surface area contributed by atoms with Crippen molar-refractivity contribution >= 4 is 28.5 Å². The Morgan fingerprint density at radius 1 is 0.947 bits per heavy atom. The van der Waals surface area contributed by atoms with Crippen molar-refractivity contribution < 1.29 is 18.7 Å². The smallest absolute Gasteiger partial charge is 0.338 e. The predicted octanol–water partition coefficient (Wildman–Crippen LogP) is 6.80. The van der Waals surface area contributed by atoms with Gasteiger partial charge in [-0.25, -0.2) is 4.79 Å². The van der Waals surface area contributed by atoms with E-state index in [-0.39, 0.29) is 16.6 Å². The van der Waals surface area contributed by atoms with Gasteiger partial charge in [-0.05, 0) is 59.4 Å². The SMILES string of the molecule is CCCCOC(=O)c1ccc(N2C(=O)c3oc4ccccc4c(=O)c3C2c2ccc(C(C)(C)C)cc2)cc1. The molecule has 0 saturated carbocycles. The Morgan fingerprint density at radius 3 is 2.29 bits per heavy atom.